The van der Waals surface area contributed by atoms with E-state index in [1.54, 1.807) is 0 Å². The predicted octanol–water partition coefficient (Wildman–Crippen LogP) is -0.322. The summed E-state index contributed by atoms with van der Waals surface area (Å²) < 4.78 is 0. The van der Waals surface area contributed by atoms with Crippen LogP contribution in [0.5, 0.6) is 0 Å². The lowest BCUT2D eigenvalue weighted by atomic mass is 10.2. The molecule has 0 fully saturated rings. The number of carbonyl (C=O) groups is 1. The van der Waals surface area contributed by atoms with E-state index in [1.807, 2.05) is 19.2 Å². The summed E-state index contributed by atoms with van der Waals surface area (Å²) in [7, 11) is 1.87. The molecule has 0 rings (SSSR count). The van der Waals surface area contributed by atoms with Crippen molar-refractivity contribution in [3.8, 4) is 0 Å². The fourth-order valence-electron chi connectivity index (χ4n) is 0.510. The SMILES string of the molecule is CNC/C=C\CC(N)C=O. The van der Waals surface area contributed by atoms with Crippen molar-refractivity contribution in [1.29, 1.82) is 0 Å². The van der Waals surface area contributed by atoms with E-state index in [0.29, 0.717) is 6.42 Å². The number of nitrogens with two attached hydrogens (primary N) is 1. The summed E-state index contributed by atoms with van der Waals surface area (Å²) in [5, 5.41) is 2.94. The van der Waals surface area contributed by atoms with Crippen LogP contribution in [-0.4, -0.2) is 25.9 Å². The van der Waals surface area contributed by atoms with Crippen molar-refractivity contribution in [2.75, 3.05) is 13.6 Å². The second-order valence-electron chi connectivity index (χ2n) is 2.06. The van der Waals surface area contributed by atoms with Crippen LogP contribution < -0.4 is 11.1 Å². The topological polar surface area (TPSA) is 55.1 Å². The van der Waals surface area contributed by atoms with Crippen LogP contribution in [0.2, 0.25) is 0 Å². The fraction of sp³-hybridized carbons (Fsp3) is 0.571. The molecule has 3 heteroatoms. The number of nitrogens with one attached hydrogen (secondary N) is 1. The van der Waals surface area contributed by atoms with Gasteiger partial charge in [-0.2, -0.15) is 0 Å². The van der Waals surface area contributed by atoms with Gasteiger partial charge in [0.15, 0.2) is 0 Å². The zero-order valence-corrected chi connectivity index (χ0v) is 6.21. The van der Waals surface area contributed by atoms with Gasteiger partial charge in [-0.25, -0.2) is 0 Å². The first-order valence-corrected chi connectivity index (χ1v) is 3.31. The quantitative estimate of drug-likeness (QED) is 0.408. The van der Waals surface area contributed by atoms with Crippen LogP contribution in [0.1, 0.15) is 6.42 Å². The third-order valence-electron chi connectivity index (χ3n) is 1.07. The molecule has 0 radical (unpaired) electrons. The number of rotatable bonds is 5. The van der Waals surface area contributed by atoms with E-state index in [9.17, 15) is 4.79 Å². The summed E-state index contributed by atoms with van der Waals surface area (Å²) in [5.41, 5.74) is 5.32. The number of hydrogen-bond acceptors (Lipinski definition) is 3. The van der Waals surface area contributed by atoms with Crippen LogP contribution in [0, 0.1) is 0 Å². The van der Waals surface area contributed by atoms with E-state index in [0.717, 1.165) is 12.8 Å². The lowest BCUT2D eigenvalue weighted by Gasteiger charge is -1.95. The Kier molecular flexibility index (Phi) is 6.02. The van der Waals surface area contributed by atoms with Gasteiger partial charge in [0.25, 0.3) is 0 Å². The first-order chi connectivity index (χ1) is 4.81. The first-order valence-electron chi connectivity index (χ1n) is 3.31. The van der Waals surface area contributed by atoms with E-state index >= 15 is 0 Å². The molecule has 0 aromatic heterocycles. The summed E-state index contributed by atoms with van der Waals surface area (Å²) in [6.07, 6.45) is 5.23. The summed E-state index contributed by atoms with van der Waals surface area (Å²) in [6.45, 7) is 0.825. The Hall–Kier alpha value is -0.670. The highest BCUT2D eigenvalue weighted by Gasteiger charge is 1.92. The molecule has 0 aliphatic heterocycles. The van der Waals surface area contributed by atoms with Crippen LogP contribution in [0.4, 0.5) is 0 Å². The fourth-order valence-corrected chi connectivity index (χ4v) is 0.510. The molecule has 1 atom stereocenters. The van der Waals surface area contributed by atoms with Gasteiger partial charge in [0, 0.05) is 6.54 Å². The molecule has 0 bridgehead atoms. The molecule has 0 spiro atoms. The predicted molar refractivity (Wildman–Crippen MR) is 41.7 cm³/mol. The minimum Gasteiger partial charge on any atom is -0.321 e. The molecule has 58 valence electrons. The smallest absolute Gasteiger partial charge is 0.136 e. The molecule has 0 amide bonds. The van der Waals surface area contributed by atoms with E-state index in [4.69, 9.17) is 5.73 Å². The molecule has 3 nitrogen and oxygen atoms in total. The van der Waals surface area contributed by atoms with Gasteiger partial charge in [0.1, 0.15) is 6.29 Å². The summed E-state index contributed by atoms with van der Waals surface area (Å²) in [6, 6.07) is -0.340. The maximum Gasteiger partial charge on any atom is 0.136 e. The van der Waals surface area contributed by atoms with Crippen molar-refractivity contribution in [1.82, 2.24) is 5.32 Å². The molecule has 0 heterocycles. The van der Waals surface area contributed by atoms with Gasteiger partial charge in [-0.1, -0.05) is 12.2 Å². The maximum absolute atomic E-state index is 9.99. The van der Waals surface area contributed by atoms with Gasteiger partial charge < -0.3 is 15.8 Å². The highest BCUT2D eigenvalue weighted by atomic mass is 16.1. The Morgan fingerprint density at radius 1 is 1.60 bits per heavy atom. The van der Waals surface area contributed by atoms with Gasteiger partial charge in [0.2, 0.25) is 0 Å². The molecule has 10 heavy (non-hydrogen) atoms. The zero-order chi connectivity index (χ0) is 7.82. The van der Waals surface area contributed by atoms with Crippen molar-refractivity contribution >= 4 is 6.29 Å². The second-order valence-corrected chi connectivity index (χ2v) is 2.06. The van der Waals surface area contributed by atoms with Crippen LogP contribution in [0.3, 0.4) is 0 Å². The minimum atomic E-state index is -0.340. The van der Waals surface area contributed by atoms with E-state index in [2.05, 4.69) is 5.32 Å². The number of aldehydes is 1. The third-order valence-corrected chi connectivity index (χ3v) is 1.07. The van der Waals surface area contributed by atoms with Gasteiger partial charge in [-0.15, -0.1) is 0 Å². The summed E-state index contributed by atoms with van der Waals surface area (Å²) in [5.74, 6) is 0. The molecule has 0 saturated carbocycles. The van der Waals surface area contributed by atoms with Crippen LogP contribution >= 0.6 is 0 Å². The highest BCUT2D eigenvalue weighted by molar-refractivity contribution is 5.57. The van der Waals surface area contributed by atoms with Crippen molar-refractivity contribution in [3.05, 3.63) is 12.2 Å². The average Bonchev–Trinajstić information content (AvgIpc) is 1.98. The van der Waals surface area contributed by atoms with Gasteiger partial charge >= 0.3 is 0 Å². The third kappa shape index (κ3) is 5.47. The molecular formula is C7H14N2O. The van der Waals surface area contributed by atoms with Gasteiger partial charge in [-0.05, 0) is 13.5 Å². The highest BCUT2D eigenvalue weighted by Crippen LogP contribution is 1.84. The normalized spacial score (nSPS) is 13.8. The first kappa shape index (κ1) is 9.33. The lowest BCUT2D eigenvalue weighted by Crippen LogP contribution is -2.20. The molecule has 0 aliphatic rings. The van der Waals surface area contributed by atoms with Gasteiger partial charge in [-0.3, -0.25) is 0 Å². The number of hydrogen-bond donors (Lipinski definition) is 2. The molecule has 0 aromatic carbocycles. The Morgan fingerprint density at radius 3 is 2.80 bits per heavy atom. The Morgan fingerprint density at radius 2 is 2.30 bits per heavy atom. The van der Waals surface area contributed by atoms with E-state index < -0.39 is 0 Å². The van der Waals surface area contributed by atoms with Gasteiger partial charge in [0.05, 0.1) is 6.04 Å². The summed E-state index contributed by atoms with van der Waals surface area (Å²) >= 11 is 0. The standard InChI is InChI=1S/C7H14N2O/c1-9-5-3-2-4-7(8)6-10/h2-3,6-7,9H,4-5,8H2,1H3/b3-2-. The van der Waals surface area contributed by atoms with E-state index in [1.165, 1.54) is 0 Å². The second kappa shape index (κ2) is 6.45. The Labute approximate surface area is 61.3 Å². The van der Waals surface area contributed by atoms with Crippen LogP contribution in [0.15, 0.2) is 12.2 Å². The minimum absolute atomic E-state index is 0.340. The largest absolute Gasteiger partial charge is 0.321 e. The molecule has 1 unspecified atom stereocenters. The van der Waals surface area contributed by atoms with Crippen molar-refractivity contribution < 1.29 is 4.79 Å². The average molecular weight is 142 g/mol. The maximum atomic E-state index is 9.99. The van der Waals surface area contributed by atoms with Crippen LogP contribution in [-0.2, 0) is 4.79 Å². The molecular weight excluding hydrogens is 128 g/mol. The zero-order valence-electron chi connectivity index (χ0n) is 6.21. The van der Waals surface area contributed by atoms with Crippen molar-refractivity contribution in [2.45, 2.75) is 12.5 Å². The molecule has 0 aliphatic carbocycles. The monoisotopic (exact) mass is 142 g/mol. The molecule has 0 saturated heterocycles. The Bertz CT molecular complexity index is 112. The molecule has 3 N–H and O–H groups in total. The number of likely N-dealkylation sites (N-methyl/N-ethyl adjacent to an activating group) is 1. The number of carbonyl (C=O) groups excluding carboxylic acids is 1. The van der Waals surface area contributed by atoms with Crippen molar-refractivity contribution in [3.63, 3.8) is 0 Å². The summed E-state index contributed by atoms with van der Waals surface area (Å²) in [4.78, 5) is 9.99. The molecule has 0 aromatic rings. The lowest BCUT2D eigenvalue weighted by molar-refractivity contribution is -0.108. The van der Waals surface area contributed by atoms with Crippen molar-refractivity contribution in [2.24, 2.45) is 5.73 Å². The van der Waals surface area contributed by atoms with Crippen LogP contribution in [0.25, 0.3) is 0 Å². The Balaban J connectivity index is 3.24. The van der Waals surface area contributed by atoms with E-state index in [-0.39, 0.29) is 6.04 Å².